The smallest absolute Gasteiger partial charge is 0.287 e. The summed E-state index contributed by atoms with van der Waals surface area (Å²) in [5.74, 6) is 1.26. The summed E-state index contributed by atoms with van der Waals surface area (Å²) >= 11 is 1.45. The molecule has 2 aromatic heterocycles. The largest absolute Gasteiger partial charge is 0.455 e. The van der Waals surface area contributed by atoms with Crippen LogP contribution in [0, 0.1) is 0 Å². The minimum absolute atomic E-state index is 0.125. The SMILES string of the molecule is CO[C@@H]1COC[C@H]1NC(=O)c1ccc(CSc2ncn[nH]2)o1. The van der Waals surface area contributed by atoms with E-state index < -0.39 is 0 Å². The molecular weight excluding hydrogens is 308 g/mol. The molecule has 1 aliphatic heterocycles. The first-order valence-corrected chi connectivity index (χ1v) is 7.73. The second kappa shape index (κ2) is 6.95. The van der Waals surface area contributed by atoms with E-state index in [1.807, 2.05) is 0 Å². The molecule has 0 bridgehead atoms. The summed E-state index contributed by atoms with van der Waals surface area (Å²) < 4.78 is 16.1. The minimum atomic E-state index is -0.270. The van der Waals surface area contributed by atoms with E-state index in [9.17, 15) is 4.79 Å². The number of aromatic amines is 1. The van der Waals surface area contributed by atoms with Crippen LogP contribution in [0.2, 0.25) is 0 Å². The van der Waals surface area contributed by atoms with E-state index >= 15 is 0 Å². The maximum absolute atomic E-state index is 12.2. The molecule has 3 heterocycles. The van der Waals surface area contributed by atoms with E-state index in [2.05, 4.69) is 20.5 Å². The highest BCUT2D eigenvalue weighted by molar-refractivity contribution is 7.98. The van der Waals surface area contributed by atoms with Gasteiger partial charge in [0.2, 0.25) is 0 Å². The molecule has 0 aliphatic carbocycles. The fourth-order valence-corrected chi connectivity index (χ4v) is 2.79. The van der Waals surface area contributed by atoms with E-state index in [-0.39, 0.29) is 23.8 Å². The topological polar surface area (TPSA) is 102 Å². The van der Waals surface area contributed by atoms with Crippen molar-refractivity contribution in [3.05, 3.63) is 30.0 Å². The van der Waals surface area contributed by atoms with Crippen molar-refractivity contribution < 1.29 is 18.7 Å². The van der Waals surface area contributed by atoms with E-state index in [1.165, 1.54) is 18.1 Å². The van der Waals surface area contributed by atoms with Gasteiger partial charge >= 0.3 is 0 Å². The fraction of sp³-hybridized carbons (Fsp3) is 0.462. The number of rotatable bonds is 6. The number of nitrogens with one attached hydrogen (secondary N) is 2. The summed E-state index contributed by atoms with van der Waals surface area (Å²) in [6.45, 7) is 0.928. The van der Waals surface area contributed by atoms with Crippen LogP contribution >= 0.6 is 11.8 Å². The Morgan fingerprint density at radius 3 is 3.23 bits per heavy atom. The molecule has 0 saturated carbocycles. The van der Waals surface area contributed by atoms with E-state index in [0.717, 1.165) is 0 Å². The summed E-state index contributed by atoms with van der Waals surface area (Å²) in [6, 6.07) is 3.27. The lowest BCUT2D eigenvalue weighted by Gasteiger charge is -2.16. The number of amides is 1. The molecule has 9 heteroatoms. The first-order valence-electron chi connectivity index (χ1n) is 6.74. The van der Waals surface area contributed by atoms with E-state index in [0.29, 0.717) is 29.9 Å². The normalized spacial score (nSPS) is 21.1. The van der Waals surface area contributed by atoms with Gasteiger partial charge in [-0.25, -0.2) is 4.98 Å². The number of carbonyl (C=O) groups is 1. The van der Waals surface area contributed by atoms with Crippen molar-refractivity contribution in [3.63, 3.8) is 0 Å². The first kappa shape index (κ1) is 15.1. The molecule has 0 unspecified atom stereocenters. The van der Waals surface area contributed by atoms with Crippen LogP contribution in [0.5, 0.6) is 0 Å². The Labute approximate surface area is 131 Å². The quantitative estimate of drug-likeness (QED) is 0.759. The Bertz CT molecular complexity index is 615. The zero-order valence-corrected chi connectivity index (χ0v) is 12.8. The Hall–Kier alpha value is -1.84. The second-order valence-electron chi connectivity index (χ2n) is 4.74. The lowest BCUT2D eigenvalue weighted by Crippen LogP contribution is -2.43. The van der Waals surface area contributed by atoms with Gasteiger partial charge in [-0.05, 0) is 12.1 Å². The number of thioether (sulfide) groups is 1. The molecule has 22 heavy (non-hydrogen) atoms. The van der Waals surface area contributed by atoms with Gasteiger partial charge in [0.05, 0.1) is 25.0 Å². The van der Waals surface area contributed by atoms with Crippen LogP contribution in [0.1, 0.15) is 16.3 Å². The number of methoxy groups -OCH3 is 1. The summed E-state index contributed by atoms with van der Waals surface area (Å²) in [6.07, 6.45) is 1.32. The van der Waals surface area contributed by atoms with Gasteiger partial charge < -0.3 is 19.2 Å². The summed E-state index contributed by atoms with van der Waals surface area (Å²) in [7, 11) is 1.60. The third-order valence-corrected chi connectivity index (χ3v) is 4.18. The molecule has 3 rings (SSSR count). The molecule has 0 aromatic carbocycles. The average molecular weight is 324 g/mol. The number of ether oxygens (including phenoxy) is 2. The van der Waals surface area contributed by atoms with Gasteiger partial charge in [0.1, 0.15) is 18.2 Å². The van der Waals surface area contributed by atoms with Gasteiger partial charge in [-0.3, -0.25) is 9.89 Å². The van der Waals surface area contributed by atoms with Crippen molar-refractivity contribution in [1.82, 2.24) is 20.5 Å². The highest BCUT2D eigenvalue weighted by Gasteiger charge is 2.30. The van der Waals surface area contributed by atoms with Gasteiger partial charge in [-0.2, -0.15) is 5.10 Å². The minimum Gasteiger partial charge on any atom is -0.455 e. The van der Waals surface area contributed by atoms with Gasteiger partial charge in [0.15, 0.2) is 10.9 Å². The number of carbonyl (C=O) groups excluding carboxylic acids is 1. The van der Waals surface area contributed by atoms with Crippen LogP contribution in [0.15, 0.2) is 28.0 Å². The number of aromatic nitrogens is 3. The first-order chi connectivity index (χ1) is 10.8. The van der Waals surface area contributed by atoms with Crippen LogP contribution in [0.3, 0.4) is 0 Å². The van der Waals surface area contributed by atoms with Crippen LogP contribution in [0.25, 0.3) is 0 Å². The molecule has 1 amide bonds. The number of hydrogen-bond donors (Lipinski definition) is 2. The standard InChI is InChI=1S/C13H16N4O4S/c1-19-11-5-20-4-9(11)16-12(18)10-3-2-8(21-10)6-22-13-14-7-15-17-13/h2-3,7,9,11H,4-6H2,1H3,(H,16,18)(H,14,15,17)/t9-,11-/m1/s1. The maximum atomic E-state index is 12.2. The molecule has 1 aliphatic rings. The summed E-state index contributed by atoms with van der Waals surface area (Å²) in [5.41, 5.74) is 0. The Morgan fingerprint density at radius 1 is 1.55 bits per heavy atom. The second-order valence-corrected chi connectivity index (χ2v) is 5.70. The third kappa shape index (κ3) is 3.49. The third-order valence-electron chi connectivity index (χ3n) is 3.28. The Balaban J connectivity index is 1.55. The van der Waals surface area contributed by atoms with Gasteiger partial charge in [0, 0.05) is 7.11 Å². The molecule has 1 saturated heterocycles. The van der Waals surface area contributed by atoms with Crippen molar-refractivity contribution in [1.29, 1.82) is 0 Å². The molecule has 0 radical (unpaired) electrons. The van der Waals surface area contributed by atoms with Crippen molar-refractivity contribution in [2.75, 3.05) is 20.3 Å². The van der Waals surface area contributed by atoms with Crippen LogP contribution in [-0.2, 0) is 15.2 Å². The zero-order chi connectivity index (χ0) is 15.4. The Kier molecular flexibility index (Phi) is 4.76. The Morgan fingerprint density at radius 2 is 2.45 bits per heavy atom. The molecule has 1 fully saturated rings. The predicted molar refractivity (Wildman–Crippen MR) is 77.5 cm³/mol. The molecule has 8 nitrogen and oxygen atoms in total. The van der Waals surface area contributed by atoms with Gasteiger partial charge in [-0.15, -0.1) is 0 Å². The van der Waals surface area contributed by atoms with Crippen molar-refractivity contribution in [3.8, 4) is 0 Å². The number of furan rings is 1. The summed E-state index contributed by atoms with van der Waals surface area (Å²) in [4.78, 5) is 16.2. The predicted octanol–water partition coefficient (Wildman–Crippen LogP) is 0.834. The fourth-order valence-electron chi connectivity index (χ4n) is 2.12. The molecule has 2 atom stereocenters. The van der Waals surface area contributed by atoms with Crippen LogP contribution in [0.4, 0.5) is 0 Å². The number of nitrogens with zero attached hydrogens (tertiary/aromatic N) is 2. The maximum Gasteiger partial charge on any atom is 0.287 e. The highest BCUT2D eigenvalue weighted by atomic mass is 32.2. The van der Waals surface area contributed by atoms with Gasteiger partial charge in [0.25, 0.3) is 5.91 Å². The zero-order valence-electron chi connectivity index (χ0n) is 11.9. The molecule has 2 aromatic rings. The van der Waals surface area contributed by atoms with Crippen LogP contribution < -0.4 is 5.32 Å². The average Bonchev–Trinajstić information content (AvgIpc) is 3.26. The number of hydrogen-bond acceptors (Lipinski definition) is 7. The van der Waals surface area contributed by atoms with Crippen molar-refractivity contribution >= 4 is 17.7 Å². The monoisotopic (exact) mass is 324 g/mol. The summed E-state index contributed by atoms with van der Waals surface area (Å²) in [5, 5.41) is 10.1. The molecule has 118 valence electrons. The number of H-pyrrole nitrogens is 1. The van der Waals surface area contributed by atoms with Crippen molar-refractivity contribution in [2.24, 2.45) is 0 Å². The lowest BCUT2D eigenvalue weighted by atomic mass is 10.2. The molecular formula is C13H16N4O4S. The van der Waals surface area contributed by atoms with Gasteiger partial charge in [-0.1, -0.05) is 11.8 Å². The van der Waals surface area contributed by atoms with E-state index in [4.69, 9.17) is 13.9 Å². The molecule has 2 N–H and O–H groups in total. The van der Waals surface area contributed by atoms with Crippen molar-refractivity contribution in [2.45, 2.75) is 23.1 Å². The molecule has 0 spiro atoms. The van der Waals surface area contributed by atoms with Crippen LogP contribution in [-0.4, -0.2) is 53.6 Å². The van der Waals surface area contributed by atoms with E-state index in [1.54, 1.807) is 19.2 Å². The highest BCUT2D eigenvalue weighted by Crippen LogP contribution is 2.20. The lowest BCUT2D eigenvalue weighted by molar-refractivity contribution is 0.0676.